The van der Waals surface area contributed by atoms with Gasteiger partial charge in [-0.2, -0.15) is 0 Å². The van der Waals surface area contributed by atoms with Crippen LogP contribution >= 0.6 is 0 Å². The van der Waals surface area contributed by atoms with E-state index in [1.165, 1.54) is 6.42 Å². The number of esters is 1. The molecule has 0 aliphatic heterocycles. The van der Waals surface area contributed by atoms with Crippen LogP contribution in [-0.2, 0) is 20.7 Å². The standard InChI is InChI=1S/C18H25NO3/c1-13-7-6-10-16(14(13)2)19-17(20)12-22-18(21)11-15-8-4-3-5-9-15/h3-5,8-9,13-14,16H,6-7,10-12H2,1-2H3,(H,19,20)/t13-,14-,16+/m1/s1. The van der Waals surface area contributed by atoms with E-state index in [9.17, 15) is 9.59 Å². The van der Waals surface area contributed by atoms with Gasteiger partial charge in [-0.1, -0.05) is 57.0 Å². The van der Waals surface area contributed by atoms with E-state index < -0.39 is 0 Å². The molecule has 0 spiro atoms. The maximum Gasteiger partial charge on any atom is 0.310 e. The normalized spacial score (nSPS) is 24.5. The Labute approximate surface area is 132 Å². The van der Waals surface area contributed by atoms with Crippen molar-refractivity contribution in [3.63, 3.8) is 0 Å². The first-order chi connectivity index (χ1) is 10.6. The zero-order chi connectivity index (χ0) is 15.9. The van der Waals surface area contributed by atoms with Gasteiger partial charge in [-0.15, -0.1) is 0 Å². The zero-order valence-electron chi connectivity index (χ0n) is 13.4. The van der Waals surface area contributed by atoms with Gasteiger partial charge in [0.2, 0.25) is 0 Å². The summed E-state index contributed by atoms with van der Waals surface area (Å²) in [5, 5.41) is 3.00. The highest BCUT2D eigenvalue weighted by molar-refractivity contribution is 5.81. The molecule has 0 heterocycles. The molecule has 4 heteroatoms. The smallest absolute Gasteiger partial charge is 0.310 e. The molecule has 0 radical (unpaired) electrons. The molecular formula is C18H25NO3. The predicted octanol–water partition coefficient (Wildman–Crippen LogP) is 2.71. The van der Waals surface area contributed by atoms with Gasteiger partial charge in [-0.3, -0.25) is 9.59 Å². The van der Waals surface area contributed by atoms with Gasteiger partial charge in [-0.25, -0.2) is 0 Å². The largest absolute Gasteiger partial charge is 0.455 e. The molecule has 1 aromatic rings. The Balaban J connectivity index is 1.72. The number of hydrogen-bond acceptors (Lipinski definition) is 3. The molecule has 1 aromatic carbocycles. The average Bonchev–Trinajstić information content (AvgIpc) is 2.51. The molecule has 3 atom stereocenters. The molecule has 1 aliphatic rings. The summed E-state index contributed by atoms with van der Waals surface area (Å²) in [6.45, 7) is 4.21. The van der Waals surface area contributed by atoms with Gasteiger partial charge in [0.05, 0.1) is 6.42 Å². The van der Waals surface area contributed by atoms with E-state index in [0.29, 0.717) is 11.8 Å². The van der Waals surface area contributed by atoms with Gasteiger partial charge in [0.15, 0.2) is 6.61 Å². The van der Waals surface area contributed by atoms with Crippen molar-refractivity contribution in [2.75, 3.05) is 6.61 Å². The first kappa shape index (κ1) is 16.5. The molecule has 1 amide bonds. The van der Waals surface area contributed by atoms with Gasteiger partial charge < -0.3 is 10.1 Å². The van der Waals surface area contributed by atoms with Crippen LogP contribution in [0.5, 0.6) is 0 Å². The number of rotatable bonds is 5. The molecule has 0 saturated heterocycles. The van der Waals surface area contributed by atoms with Crippen LogP contribution < -0.4 is 5.32 Å². The van der Waals surface area contributed by atoms with Crippen LogP contribution in [0.25, 0.3) is 0 Å². The average molecular weight is 303 g/mol. The van der Waals surface area contributed by atoms with E-state index in [4.69, 9.17) is 4.74 Å². The van der Waals surface area contributed by atoms with Crippen LogP contribution in [0.2, 0.25) is 0 Å². The summed E-state index contributed by atoms with van der Waals surface area (Å²) < 4.78 is 5.06. The molecule has 120 valence electrons. The number of benzene rings is 1. The number of carbonyl (C=O) groups excluding carboxylic acids is 2. The lowest BCUT2D eigenvalue weighted by atomic mass is 9.78. The molecule has 1 saturated carbocycles. The second kappa shape index (κ2) is 7.97. The minimum atomic E-state index is -0.369. The lowest BCUT2D eigenvalue weighted by Crippen LogP contribution is -2.45. The van der Waals surface area contributed by atoms with Crippen LogP contribution in [0.4, 0.5) is 0 Å². The highest BCUT2D eigenvalue weighted by atomic mass is 16.5. The Hall–Kier alpha value is -1.84. The van der Waals surface area contributed by atoms with Crippen LogP contribution in [0, 0.1) is 11.8 Å². The molecule has 0 unspecified atom stereocenters. The molecule has 0 bridgehead atoms. The fourth-order valence-electron chi connectivity index (χ4n) is 2.99. The second-order valence-electron chi connectivity index (χ2n) is 6.26. The highest BCUT2D eigenvalue weighted by Gasteiger charge is 2.28. The van der Waals surface area contributed by atoms with Crippen molar-refractivity contribution < 1.29 is 14.3 Å². The lowest BCUT2D eigenvalue weighted by Gasteiger charge is -2.34. The number of nitrogens with one attached hydrogen (secondary N) is 1. The summed E-state index contributed by atoms with van der Waals surface area (Å²) in [6, 6.07) is 9.58. The highest BCUT2D eigenvalue weighted by Crippen LogP contribution is 2.29. The summed E-state index contributed by atoms with van der Waals surface area (Å²) in [7, 11) is 0. The van der Waals surface area contributed by atoms with Crippen molar-refractivity contribution in [3.05, 3.63) is 35.9 Å². The van der Waals surface area contributed by atoms with Crippen molar-refractivity contribution in [2.45, 2.75) is 45.6 Å². The Morgan fingerprint density at radius 2 is 1.91 bits per heavy atom. The Kier molecular flexibility index (Phi) is 5.99. The third kappa shape index (κ3) is 4.86. The minimum absolute atomic E-state index is 0.191. The number of ether oxygens (including phenoxy) is 1. The van der Waals surface area contributed by atoms with Gasteiger partial charge in [0, 0.05) is 6.04 Å². The number of hydrogen-bond donors (Lipinski definition) is 1. The van der Waals surface area contributed by atoms with E-state index >= 15 is 0 Å². The third-order valence-electron chi connectivity index (χ3n) is 4.61. The van der Waals surface area contributed by atoms with Crippen molar-refractivity contribution in [1.29, 1.82) is 0 Å². The van der Waals surface area contributed by atoms with Crippen molar-refractivity contribution >= 4 is 11.9 Å². The van der Waals surface area contributed by atoms with E-state index in [1.54, 1.807) is 0 Å². The third-order valence-corrected chi connectivity index (χ3v) is 4.61. The quantitative estimate of drug-likeness (QED) is 0.851. The molecular weight excluding hydrogens is 278 g/mol. The maximum atomic E-state index is 11.9. The molecule has 0 aromatic heterocycles. The van der Waals surface area contributed by atoms with Crippen LogP contribution in [0.1, 0.15) is 38.7 Å². The number of amides is 1. The first-order valence-electron chi connectivity index (χ1n) is 8.05. The molecule has 1 N–H and O–H groups in total. The van der Waals surface area contributed by atoms with Crippen molar-refractivity contribution in [3.8, 4) is 0 Å². The molecule has 4 nitrogen and oxygen atoms in total. The van der Waals surface area contributed by atoms with E-state index in [2.05, 4.69) is 19.2 Å². The zero-order valence-corrected chi connectivity index (χ0v) is 13.4. The van der Waals surface area contributed by atoms with Gasteiger partial charge >= 0.3 is 5.97 Å². The SMILES string of the molecule is C[C@@H]1[C@H](C)CCC[C@@H]1NC(=O)COC(=O)Cc1ccccc1. The van der Waals surface area contributed by atoms with Gasteiger partial charge in [-0.05, 0) is 23.8 Å². The maximum absolute atomic E-state index is 11.9. The fraction of sp³-hybridized carbons (Fsp3) is 0.556. The Bertz CT molecular complexity index is 500. The summed E-state index contributed by atoms with van der Waals surface area (Å²) in [6.07, 6.45) is 3.57. The minimum Gasteiger partial charge on any atom is -0.455 e. The predicted molar refractivity (Wildman–Crippen MR) is 85.2 cm³/mol. The fourth-order valence-corrected chi connectivity index (χ4v) is 2.99. The van der Waals surface area contributed by atoms with E-state index in [1.807, 2.05) is 30.3 Å². The first-order valence-corrected chi connectivity index (χ1v) is 8.05. The van der Waals surface area contributed by atoms with Crippen LogP contribution in [0.15, 0.2) is 30.3 Å². The number of carbonyl (C=O) groups is 2. The van der Waals surface area contributed by atoms with Crippen molar-refractivity contribution in [1.82, 2.24) is 5.32 Å². The van der Waals surface area contributed by atoms with Crippen LogP contribution in [-0.4, -0.2) is 24.5 Å². The van der Waals surface area contributed by atoms with Crippen molar-refractivity contribution in [2.24, 2.45) is 11.8 Å². The monoisotopic (exact) mass is 303 g/mol. The molecule has 1 aliphatic carbocycles. The lowest BCUT2D eigenvalue weighted by molar-refractivity contribution is -0.148. The van der Waals surface area contributed by atoms with Crippen LogP contribution in [0.3, 0.4) is 0 Å². The molecule has 2 rings (SSSR count). The second-order valence-corrected chi connectivity index (χ2v) is 6.26. The van der Waals surface area contributed by atoms with Gasteiger partial charge in [0.1, 0.15) is 0 Å². The Morgan fingerprint density at radius 1 is 1.18 bits per heavy atom. The van der Waals surface area contributed by atoms with E-state index in [0.717, 1.165) is 18.4 Å². The molecule has 22 heavy (non-hydrogen) atoms. The molecule has 1 fully saturated rings. The van der Waals surface area contributed by atoms with Gasteiger partial charge in [0.25, 0.3) is 5.91 Å². The summed E-state index contributed by atoms with van der Waals surface area (Å²) >= 11 is 0. The topological polar surface area (TPSA) is 55.4 Å². The summed E-state index contributed by atoms with van der Waals surface area (Å²) in [5.41, 5.74) is 0.891. The Morgan fingerprint density at radius 3 is 2.64 bits per heavy atom. The summed E-state index contributed by atoms with van der Waals surface area (Å²) in [4.78, 5) is 23.7. The van der Waals surface area contributed by atoms with E-state index in [-0.39, 0.29) is 30.9 Å². The summed E-state index contributed by atoms with van der Waals surface area (Å²) in [5.74, 6) is 0.524.